The maximum Gasteiger partial charge on any atom is 0.272 e. The third-order valence-corrected chi connectivity index (χ3v) is 6.94. The Hall–Kier alpha value is -3.40. The SMILES string of the molecule is CNC(=O)c1ncc(N2CCN(C3CCC(c4nc5ccc(F)cc5c(=O)[nH]4)C3)CC2)cc1F. The second kappa shape index (κ2) is 9.09. The van der Waals surface area contributed by atoms with Crippen molar-refractivity contribution in [2.24, 2.45) is 0 Å². The number of aromatic amines is 1. The summed E-state index contributed by atoms with van der Waals surface area (Å²) < 4.78 is 27.8. The summed E-state index contributed by atoms with van der Waals surface area (Å²) >= 11 is 0. The van der Waals surface area contributed by atoms with Gasteiger partial charge < -0.3 is 15.2 Å². The van der Waals surface area contributed by atoms with Gasteiger partial charge in [0.1, 0.15) is 11.6 Å². The number of piperazine rings is 1. The molecule has 8 nitrogen and oxygen atoms in total. The number of amides is 1. The first kappa shape index (κ1) is 22.4. The number of carbonyl (C=O) groups is 1. The van der Waals surface area contributed by atoms with Gasteiger partial charge in [0.05, 0.1) is 22.8 Å². The van der Waals surface area contributed by atoms with E-state index in [0.29, 0.717) is 23.1 Å². The molecule has 0 spiro atoms. The van der Waals surface area contributed by atoms with Gasteiger partial charge in [0, 0.05) is 51.3 Å². The van der Waals surface area contributed by atoms with E-state index in [2.05, 4.69) is 30.1 Å². The largest absolute Gasteiger partial charge is 0.368 e. The molecule has 2 N–H and O–H groups in total. The molecular formula is C24H26F2N6O2. The molecule has 10 heteroatoms. The Morgan fingerprint density at radius 3 is 2.68 bits per heavy atom. The fourth-order valence-corrected chi connectivity index (χ4v) is 5.09. The monoisotopic (exact) mass is 468 g/mol. The van der Waals surface area contributed by atoms with Crippen LogP contribution in [0.15, 0.2) is 35.3 Å². The standard InChI is InChI=1S/C24H26F2N6O2/c1-27-24(34)21-19(26)12-17(13-28-21)32-8-6-31(7-9-32)16-4-2-14(10-16)22-29-20-5-3-15(25)11-18(20)23(33)30-22/h3,5,11-14,16H,2,4,6-10H2,1H3,(H,27,34)(H,29,30,33). The molecule has 2 aliphatic rings. The van der Waals surface area contributed by atoms with Crippen LogP contribution in [-0.2, 0) is 0 Å². The second-order valence-electron chi connectivity index (χ2n) is 8.90. The Kier molecular flexibility index (Phi) is 5.99. The summed E-state index contributed by atoms with van der Waals surface area (Å²) in [5, 5.41) is 2.65. The third kappa shape index (κ3) is 4.25. The number of halogens is 2. The molecule has 2 fully saturated rings. The Morgan fingerprint density at radius 2 is 1.94 bits per heavy atom. The van der Waals surface area contributed by atoms with Crippen LogP contribution in [0.3, 0.4) is 0 Å². The molecule has 1 aliphatic carbocycles. The van der Waals surface area contributed by atoms with Crippen LogP contribution in [0.1, 0.15) is 41.5 Å². The molecular weight excluding hydrogens is 442 g/mol. The topological polar surface area (TPSA) is 94.2 Å². The summed E-state index contributed by atoms with van der Waals surface area (Å²) in [5.74, 6) is -0.797. The van der Waals surface area contributed by atoms with Crippen molar-refractivity contribution in [1.29, 1.82) is 0 Å². The molecule has 0 bridgehead atoms. The van der Waals surface area contributed by atoms with Gasteiger partial charge in [-0.3, -0.25) is 14.5 Å². The van der Waals surface area contributed by atoms with Crippen LogP contribution >= 0.6 is 0 Å². The Balaban J connectivity index is 1.22. The highest BCUT2D eigenvalue weighted by Gasteiger charge is 2.33. The van der Waals surface area contributed by atoms with Crippen LogP contribution in [0.5, 0.6) is 0 Å². The van der Waals surface area contributed by atoms with E-state index in [-0.39, 0.29) is 22.6 Å². The van der Waals surface area contributed by atoms with E-state index < -0.39 is 17.5 Å². The molecule has 2 atom stereocenters. The first-order valence-corrected chi connectivity index (χ1v) is 11.5. The van der Waals surface area contributed by atoms with Gasteiger partial charge in [0.2, 0.25) is 0 Å². The zero-order chi connectivity index (χ0) is 23.8. The van der Waals surface area contributed by atoms with Crippen LogP contribution in [0.4, 0.5) is 14.5 Å². The minimum atomic E-state index is -0.627. The van der Waals surface area contributed by atoms with E-state index >= 15 is 0 Å². The van der Waals surface area contributed by atoms with Gasteiger partial charge in [-0.2, -0.15) is 0 Å². The minimum Gasteiger partial charge on any atom is -0.368 e. The number of hydrogen-bond donors (Lipinski definition) is 2. The van der Waals surface area contributed by atoms with E-state index in [1.54, 1.807) is 12.3 Å². The third-order valence-electron chi connectivity index (χ3n) is 6.94. The van der Waals surface area contributed by atoms with Crippen molar-refractivity contribution in [2.45, 2.75) is 31.2 Å². The number of hydrogen-bond acceptors (Lipinski definition) is 6. The quantitative estimate of drug-likeness (QED) is 0.611. The van der Waals surface area contributed by atoms with E-state index in [0.717, 1.165) is 45.4 Å². The fourth-order valence-electron chi connectivity index (χ4n) is 5.09. The molecule has 1 aliphatic heterocycles. The zero-order valence-corrected chi connectivity index (χ0v) is 18.9. The second-order valence-corrected chi connectivity index (χ2v) is 8.90. The lowest BCUT2D eigenvalue weighted by Gasteiger charge is -2.39. The maximum atomic E-state index is 14.3. The first-order chi connectivity index (χ1) is 16.4. The number of benzene rings is 1. The minimum absolute atomic E-state index is 0.153. The molecule has 34 heavy (non-hydrogen) atoms. The lowest BCUT2D eigenvalue weighted by atomic mass is 10.1. The van der Waals surface area contributed by atoms with Crippen molar-refractivity contribution in [3.05, 3.63) is 64.0 Å². The van der Waals surface area contributed by atoms with Gasteiger partial charge >= 0.3 is 0 Å². The normalized spacial score (nSPS) is 21.2. The summed E-state index contributed by atoms with van der Waals surface area (Å²) in [6, 6.07) is 5.84. The average Bonchev–Trinajstić information content (AvgIpc) is 3.34. The molecule has 3 heterocycles. The van der Waals surface area contributed by atoms with Gasteiger partial charge in [-0.1, -0.05) is 0 Å². The number of anilines is 1. The number of rotatable bonds is 4. The van der Waals surface area contributed by atoms with Crippen LogP contribution < -0.4 is 15.8 Å². The number of carbonyl (C=O) groups excluding carboxylic acids is 1. The first-order valence-electron chi connectivity index (χ1n) is 11.5. The number of nitrogens with one attached hydrogen (secondary N) is 2. The summed E-state index contributed by atoms with van der Waals surface area (Å²) in [6.45, 7) is 3.13. The Bertz CT molecular complexity index is 1290. The van der Waals surface area contributed by atoms with Gasteiger partial charge in [-0.05, 0) is 37.5 Å². The molecule has 1 amide bonds. The van der Waals surface area contributed by atoms with Crippen LogP contribution in [0.25, 0.3) is 10.9 Å². The van der Waals surface area contributed by atoms with Crippen LogP contribution in [0, 0.1) is 11.6 Å². The van der Waals surface area contributed by atoms with E-state index in [1.165, 1.54) is 25.2 Å². The maximum absolute atomic E-state index is 14.3. The van der Waals surface area contributed by atoms with Gasteiger partial charge in [0.15, 0.2) is 11.5 Å². The number of pyridine rings is 1. The number of aromatic nitrogens is 3. The van der Waals surface area contributed by atoms with Gasteiger partial charge in [-0.15, -0.1) is 0 Å². The summed E-state index contributed by atoms with van der Waals surface area (Å²) in [6.07, 6.45) is 4.37. The molecule has 1 aromatic carbocycles. The van der Waals surface area contributed by atoms with E-state index in [4.69, 9.17) is 0 Å². The van der Waals surface area contributed by atoms with Crippen LogP contribution in [0.2, 0.25) is 0 Å². The van der Waals surface area contributed by atoms with Crippen LogP contribution in [-0.4, -0.2) is 65.0 Å². The molecule has 0 radical (unpaired) electrons. The van der Waals surface area contributed by atoms with Crippen molar-refractivity contribution >= 4 is 22.5 Å². The predicted octanol–water partition coefficient (Wildman–Crippen LogP) is 2.41. The molecule has 2 unspecified atom stereocenters. The molecule has 178 valence electrons. The summed E-state index contributed by atoms with van der Waals surface area (Å²) in [7, 11) is 1.44. The number of nitrogens with zero attached hydrogens (tertiary/aromatic N) is 4. The van der Waals surface area contributed by atoms with Crippen molar-refractivity contribution in [3.63, 3.8) is 0 Å². The Labute approximate surface area is 195 Å². The van der Waals surface area contributed by atoms with Gasteiger partial charge in [0.25, 0.3) is 11.5 Å². The molecule has 1 saturated carbocycles. The van der Waals surface area contributed by atoms with Crippen molar-refractivity contribution in [3.8, 4) is 0 Å². The average molecular weight is 469 g/mol. The molecule has 1 saturated heterocycles. The highest BCUT2D eigenvalue weighted by atomic mass is 19.1. The van der Waals surface area contributed by atoms with E-state index in [9.17, 15) is 18.4 Å². The highest BCUT2D eigenvalue weighted by Crippen LogP contribution is 2.36. The van der Waals surface area contributed by atoms with Crippen molar-refractivity contribution < 1.29 is 13.6 Å². The summed E-state index contributed by atoms with van der Waals surface area (Å²) in [4.78, 5) is 40.1. The number of fused-ring (bicyclic) bond motifs is 1. The Morgan fingerprint density at radius 1 is 1.15 bits per heavy atom. The molecule has 5 rings (SSSR count). The lowest BCUT2D eigenvalue weighted by Crippen LogP contribution is -2.49. The zero-order valence-electron chi connectivity index (χ0n) is 18.9. The van der Waals surface area contributed by atoms with Gasteiger partial charge in [-0.25, -0.2) is 18.7 Å². The predicted molar refractivity (Wildman–Crippen MR) is 124 cm³/mol. The van der Waals surface area contributed by atoms with Crippen molar-refractivity contribution in [1.82, 2.24) is 25.2 Å². The number of H-pyrrole nitrogens is 1. The van der Waals surface area contributed by atoms with Crippen molar-refractivity contribution in [2.75, 3.05) is 38.1 Å². The molecule has 2 aromatic heterocycles. The highest BCUT2D eigenvalue weighted by molar-refractivity contribution is 5.92. The summed E-state index contributed by atoms with van der Waals surface area (Å²) in [5.41, 5.74) is 0.677. The fraction of sp³-hybridized carbons (Fsp3) is 0.417. The lowest BCUT2D eigenvalue weighted by molar-refractivity contribution is 0.0953. The smallest absolute Gasteiger partial charge is 0.272 e. The van der Waals surface area contributed by atoms with E-state index in [1.807, 2.05) is 0 Å². The molecule has 3 aromatic rings.